The molecule has 0 heterocycles. The van der Waals surface area contributed by atoms with Gasteiger partial charge in [0.25, 0.3) is 11.8 Å². The van der Waals surface area contributed by atoms with Gasteiger partial charge in [-0.2, -0.15) is 0 Å². The van der Waals surface area contributed by atoms with Crippen molar-refractivity contribution in [2.24, 2.45) is 5.92 Å². The van der Waals surface area contributed by atoms with Gasteiger partial charge in [0.05, 0.1) is 16.6 Å². The minimum absolute atomic E-state index is 0.0483. The van der Waals surface area contributed by atoms with Gasteiger partial charge in [-0.05, 0) is 76.2 Å². The van der Waals surface area contributed by atoms with Gasteiger partial charge in [-0.15, -0.1) is 0 Å². The minimum Gasteiger partial charge on any atom is -0.493 e. The van der Waals surface area contributed by atoms with Crippen LogP contribution in [0.1, 0.15) is 56.0 Å². The van der Waals surface area contributed by atoms with Crippen LogP contribution in [0.5, 0.6) is 11.5 Å². The lowest BCUT2D eigenvalue weighted by atomic mass is 10.0. The van der Waals surface area contributed by atoms with Crippen molar-refractivity contribution in [3.8, 4) is 11.5 Å². The number of benzene rings is 2. The number of hydrogen-bond donors (Lipinski definition) is 3. The molecule has 0 aromatic heterocycles. The fraction of sp³-hybridized carbons (Fsp3) is 0.375. The number of carbonyl (C=O) groups is 2. The highest BCUT2D eigenvalue weighted by molar-refractivity contribution is 9.10. The van der Waals surface area contributed by atoms with E-state index in [1.807, 2.05) is 18.2 Å². The number of nitrogens with one attached hydrogen (secondary N) is 3. The second kappa shape index (κ2) is 13.2. The first-order chi connectivity index (χ1) is 15.7. The van der Waals surface area contributed by atoms with Gasteiger partial charge in [-0.25, -0.2) is 0 Å². The Morgan fingerprint density at radius 1 is 1.00 bits per heavy atom. The van der Waals surface area contributed by atoms with Crippen molar-refractivity contribution in [2.75, 3.05) is 13.2 Å². The highest BCUT2D eigenvalue weighted by atomic mass is 79.9. The van der Waals surface area contributed by atoms with Crippen molar-refractivity contribution in [3.63, 3.8) is 0 Å². The van der Waals surface area contributed by atoms with Crippen LogP contribution >= 0.6 is 28.1 Å². The molecule has 178 valence electrons. The molecular weight excluding hydrogens is 506 g/mol. The van der Waals surface area contributed by atoms with E-state index in [0.29, 0.717) is 35.5 Å². The van der Waals surface area contributed by atoms with Crippen LogP contribution in [0.15, 0.2) is 46.9 Å². The molecule has 2 rings (SSSR count). The summed E-state index contributed by atoms with van der Waals surface area (Å²) >= 11 is 8.56. The third-order valence-corrected chi connectivity index (χ3v) is 5.43. The Morgan fingerprint density at radius 2 is 1.73 bits per heavy atom. The number of carbonyl (C=O) groups excluding carboxylic acids is 2. The summed E-state index contributed by atoms with van der Waals surface area (Å²) in [6.45, 7) is 8.69. The SMILES string of the molecule is CC(C)CCOc1ccccc1C(=O)NC(=S)NNC(=O)COc1ccc(C(C)C)cc1Br. The van der Waals surface area contributed by atoms with Crippen molar-refractivity contribution in [2.45, 2.75) is 40.0 Å². The summed E-state index contributed by atoms with van der Waals surface area (Å²) in [6, 6.07) is 12.7. The monoisotopic (exact) mass is 535 g/mol. The summed E-state index contributed by atoms with van der Waals surface area (Å²) < 4.78 is 12.0. The fourth-order valence-corrected chi connectivity index (χ4v) is 3.34. The molecule has 0 saturated carbocycles. The van der Waals surface area contributed by atoms with Gasteiger partial charge in [0, 0.05) is 0 Å². The van der Waals surface area contributed by atoms with Crippen molar-refractivity contribution in [3.05, 3.63) is 58.1 Å². The van der Waals surface area contributed by atoms with Gasteiger partial charge in [0.2, 0.25) is 0 Å². The average molecular weight is 536 g/mol. The molecule has 0 fully saturated rings. The summed E-state index contributed by atoms with van der Waals surface area (Å²) in [5, 5.41) is 2.48. The molecule has 0 aliphatic carbocycles. The first kappa shape index (κ1) is 26.6. The molecular formula is C24H30BrN3O4S. The zero-order valence-electron chi connectivity index (χ0n) is 19.2. The minimum atomic E-state index is -0.455. The van der Waals surface area contributed by atoms with E-state index in [1.165, 1.54) is 0 Å². The van der Waals surface area contributed by atoms with Crippen LogP contribution in [0.2, 0.25) is 0 Å². The van der Waals surface area contributed by atoms with Crippen LogP contribution in [0.25, 0.3) is 0 Å². The van der Waals surface area contributed by atoms with Crippen LogP contribution in [-0.2, 0) is 4.79 Å². The maximum atomic E-state index is 12.6. The number of amides is 2. The van der Waals surface area contributed by atoms with Crippen LogP contribution in [0.3, 0.4) is 0 Å². The molecule has 2 amide bonds. The lowest BCUT2D eigenvalue weighted by molar-refractivity contribution is -0.123. The van der Waals surface area contributed by atoms with E-state index < -0.39 is 11.8 Å². The molecule has 0 radical (unpaired) electrons. The lowest BCUT2D eigenvalue weighted by Crippen LogP contribution is -2.49. The summed E-state index contributed by atoms with van der Waals surface area (Å²) in [5.41, 5.74) is 6.42. The molecule has 0 spiro atoms. The maximum Gasteiger partial charge on any atom is 0.276 e. The zero-order chi connectivity index (χ0) is 24.4. The van der Waals surface area contributed by atoms with Crippen LogP contribution < -0.4 is 25.6 Å². The Hall–Kier alpha value is -2.65. The van der Waals surface area contributed by atoms with Gasteiger partial charge in [0.15, 0.2) is 11.7 Å². The van der Waals surface area contributed by atoms with Crippen molar-refractivity contribution in [1.29, 1.82) is 0 Å². The number of rotatable bonds is 9. The fourth-order valence-electron chi connectivity index (χ4n) is 2.69. The van der Waals surface area contributed by atoms with E-state index >= 15 is 0 Å². The lowest BCUT2D eigenvalue weighted by Gasteiger charge is -2.14. The largest absolute Gasteiger partial charge is 0.493 e. The average Bonchev–Trinajstić information content (AvgIpc) is 2.76. The van der Waals surface area contributed by atoms with E-state index in [2.05, 4.69) is 59.8 Å². The van der Waals surface area contributed by atoms with Gasteiger partial charge < -0.3 is 9.47 Å². The molecule has 7 nitrogen and oxygen atoms in total. The number of hydrogen-bond acceptors (Lipinski definition) is 5. The molecule has 33 heavy (non-hydrogen) atoms. The van der Waals surface area contributed by atoms with Crippen LogP contribution in [0, 0.1) is 5.92 Å². The van der Waals surface area contributed by atoms with Gasteiger partial charge in [-0.3, -0.25) is 25.8 Å². The molecule has 0 saturated heterocycles. The Morgan fingerprint density at radius 3 is 2.39 bits per heavy atom. The summed E-state index contributed by atoms with van der Waals surface area (Å²) in [4.78, 5) is 24.7. The number of halogens is 1. The highest BCUT2D eigenvalue weighted by Crippen LogP contribution is 2.28. The molecule has 0 unspecified atom stereocenters. The third-order valence-electron chi connectivity index (χ3n) is 4.61. The molecule has 9 heteroatoms. The first-order valence-corrected chi connectivity index (χ1v) is 11.9. The van der Waals surface area contributed by atoms with Crippen molar-refractivity contribution >= 4 is 45.1 Å². The van der Waals surface area contributed by atoms with E-state index in [-0.39, 0.29) is 11.7 Å². The quantitative estimate of drug-likeness (QED) is 0.318. The molecule has 2 aromatic carbocycles. The highest BCUT2D eigenvalue weighted by Gasteiger charge is 2.14. The number of para-hydroxylation sites is 1. The van der Waals surface area contributed by atoms with Gasteiger partial charge >= 0.3 is 0 Å². The maximum absolute atomic E-state index is 12.6. The van der Waals surface area contributed by atoms with Crippen molar-refractivity contribution in [1.82, 2.24) is 16.2 Å². The van der Waals surface area contributed by atoms with Gasteiger partial charge in [0.1, 0.15) is 11.5 Å². The number of ether oxygens (including phenoxy) is 2. The Balaban J connectivity index is 1.81. The Bertz CT molecular complexity index is 982. The number of hydrazine groups is 1. The Labute approximate surface area is 208 Å². The summed E-state index contributed by atoms with van der Waals surface area (Å²) in [7, 11) is 0. The topological polar surface area (TPSA) is 88.7 Å². The Kier molecular flexibility index (Phi) is 10.6. The van der Waals surface area contributed by atoms with E-state index in [4.69, 9.17) is 21.7 Å². The van der Waals surface area contributed by atoms with Gasteiger partial charge in [-0.1, -0.05) is 45.9 Å². The van der Waals surface area contributed by atoms with Crippen molar-refractivity contribution < 1.29 is 19.1 Å². The molecule has 0 atom stereocenters. The second-order valence-corrected chi connectivity index (χ2v) is 9.38. The van der Waals surface area contributed by atoms with Crippen LogP contribution in [-0.4, -0.2) is 30.1 Å². The summed E-state index contributed by atoms with van der Waals surface area (Å²) in [5.74, 6) is 1.02. The molecule has 0 aliphatic heterocycles. The second-order valence-electron chi connectivity index (χ2n) is 8.12. The molecule has 2 aromatic rings. The third kappa shape index (κ3) is 9.01. The van der Waals surface area contributed by atoms with E-state index in [1.54, 1.807) is 24.3 Å². The molecule has 3 N–H and O–H groups in total. The normalized spacial score (nSPS) is 10.6. The summed E-state index contributed by atoms with van der Waals surface area (Å²) in [6.07, 6.45) is 0.877. The smallest absolute Gasteiger partial charge is 0.276 e. The van der Waals surface area contributed by atoms with Crippen LogP contribution in [0.4, 0.5) is 0 Å². The zero-order valence-corrected chi connectivity index (χ0v) is 21.6. The first-order valence-electron chi connectivity index (χ1n) is 10.7. The predicted octanol–water partition coefficient (Wildman–Crippen LogP) is 4.71. The van der Waals surface area contributed by atoms with E-state index in [0.717, 1.165) is 16.5 Å². The molecule has 0 aliphatic rings. The number of thiocarbonyl (C=S) groups is 1. The predicted molar refractivity (Wildman–Crippen MR) is 136 cm³/mol. The van der Waals surface area contributed by atoms with E-state index in [9.17, 15) is 9.59 Å². The standard InChI is InChI=1S/C24H30BrN3O4S/c1-15(2)11-12-31-20-8-6-5-7-18(20)23(30)26-24(33)28-27-22(29)14-32-21-10-9-17(16(3)4)13-19(21)25/h5-10,13,15-16H,11-12,14H2,1-4H3,(H,27,29)(H2,26,28,30,33). The molecule has 0 bridgehead atoms.